The molecule has 10 heavy (non-hydrogen) atoms. The number of nitrogens with zero attached hydrogens (tertiary/aromatic N) is 1. The van der Waals surface area contributed by atoms with Crippen molar-refractivity contribution in [3.8, 4) is 0 Å². The van der Waals surface area contributed by atoms with Gasteiger partial charge in [0.25, 0.3) is 0 Å². The standard InChI is InChI=1S/C8H10N2/c1-6-3-4-8(10-9)5-7(6)2/h3-5,9H,1-2H3/i/hD. The summed E-state index contributed by atoms with van der Waals surface area (Å²) in [7, 11) is 0. The Morgan fingerprint density at radius 2 is 2.20 bits per heavy atom. The van der Waals surface area contributed by atoms with E-state index in [2.05, 4.69) is 10.6 Å². The molecule has 1 aromatic carbocycles. The zero-order chi connectivity index (χ0) is 8.27. The van der Waals surface area contributed by atoms with Gasteiger partial charge in [-0.1, -0.05) is 6.07 Å². The highest BCUT2D eigenvalue weighted by Gasteiger charge is 1.92. The average Bonchev–Trinajstić information content (AvgIpc) is 1.98. The van der Waals surface area contributed by atoms with Crippen LogP contribution in [-0.4, -0.2) is 0 Å². The fourth-order valence-electron chi connectivity index (χ4n) is 0.788. The van der Waals surface area contributed by atoms with Crippen molar-refractivity contribution < 1.29 is 1.41 Å². The molecule has 0 bridgehead atoms. The van der Waals surface area contributed by atoms with Gasteiger partial charge in [0.05, 0.1) is 5.69 Å². The van der Waals surface area contributed by atoms with Gasteiger partial charge in [0.2, 0.25) is 1.41 Å². The monoisotopic (exact) mass is 135 g/mol. The fraction of sp³-hybridized carbons (Fsp3) is 0.250. The molecular formula is C8H10N2. The Hall–Kier alpha value is -1.18. The first-order valence-electron chi connectivity index (χ1n) is 3.61. The second-order valence-corrected chi connectivity index (χ2v) is 2.37. The molecule has 1 rings (SSSR count). The maximum absolute atomic E-state index is 6.52. The first kappa shape index (κ1) is 5.59. The summed E-state index contributed by atoms with van der Waals surface area (Å²) < 4.78 is 6.52. The van der Waals surface area contributed by atoms with E-state index in [1.54, 1.807) is 0 Å². The molecule has 0 spiro atoms. The summed E-state index contributed by atoms with van der Waals surface area (Å²) in [4.78, 5) is 0. The lowest BCUT2D eigenvalue weighted by atomic mass is 10.1. The zero-order valence-corrected chi connectivity index (χ0v) is 6.13. The van der Waals surface area contributed by atoms with Crippen molar-refractivity contribution in [2.24, 2.45) is 5.11 Å². The van der Waals surface area contributed by atoms with Crippen LogP contribution in [0.15, 0.2) is 23.3 Å². The number of nitrogens with one attached hydrogen (secondary N) is 1. The molecule has 1 aromatic rings. The molecule has 0 atom stereocenters. The molecule has 52 valence electrons. The van der Waals surface area contributed by atoms with Gasteiger partial charge in [0.1, 0.15) is 0 Å². The van der Waals surface area contributed by atoms with Crippen LogP contribution in [0.3, 0.4) is 0 Å². The van der Waals surface area contributed by atoms with Crippen LogP contribution in [0.1, 0.15) is 11.1 Å². The third kappa shape index (κ3) is 1.21. The Labute approximate surface area is 61.9 Å². The van der Waals surface area contributed by atoms with Gasteiger partial charge < -0.3 is 0 Å². The van der Waals surface area contributed by atoms with Gasteiger partial charge in [-0.2, -0.15) is 5.11 Å². The Bertz CT molecular complexity index is 281. The fourth-order valence-corrected chi connectivity index (χ4v) is 0.788. The summed E-state index contributed by atoms with van der Waals surface area (Å²) in [6.45, 7) is 4.05. The first-order valence-corrected chi connectivity index (χ1v) is 3.16. The summed E-state index contributed by atoms with van der Waals surface area (Å²) in [6, 6.07) is 5.73. The second-order valence-electron chi connectivity index (χ2n) is 2.37. The van der Waals surface area contributed by atoms with E-state index in [1.165, 1.54) is 11.1 Å². The predicted molar refractivity (Wildman–Crippen MR) is 40.7 cm³/mol. The summed E-state index contributed by atoms with van der Waals surface area (Å²) in [6.07, 6.45) is 0. The van der Waals surface area contributed by atoms with Crippen molar-refractivity contribution in [2.45, 2.75) is 13.8 Å². The molecule has 0 aliphatic carbocycles. The lowest BCUT2D eigenvalue weighted by molar-refractivity contribution is 1.14. The molecule has 0 radical (unpaired) electrons. The van der Waals surface area contributed by atoms with Gasteiger partial charge in [0, 0.05) is 0 Å². The van der Waals surface area contributed by atoms with Crippen LogP contribution in [0.2, 0.25) is 1.41 Å². The smallest absolute Gasteiger partial charge is 0.204 e. The van der Waals surface area contributed by atoms with Crippen molar-refractivity contribution in [1.82, 2.24) is 0 Å². The topological polar surface area (TPSA) is 36.2 Å². The van der Waals surface area contributed by atoms with Gasteiger partial charge in [0.15, 0.2) is 0 Å². The minimum atomic E-state index is 0.739. The number of hydrogen-bond acceptors (Lipinski definition) is 2. The van der Waals surface area contributed by atoms with Crippen molar-refractivity contribution in [1.29, 1.82) is 5.52 Å². The largest absolute Gasteiger partial charge is 0.214 e. The Morgan fingerprint density at radius 3 is 2.80 bits per heavy atom. The van der Waals surface area contributed by atoms with Crippen LogP contribution in [0.25, 0.3) is 0 Å². The minimum absolute atomic E-state index is 0.739. The van der Waals surface area contributed by atoms with E-state index >= 15 is 0 Å². The third-order valence-electron chi connectivity index (χ3n) is 1.61. The normalized spacial score (nSPS) is 12.0. The Morgan fingerprint density at radius 1 is 1.40 bits per heavy atom. The van der Waals surface area contributed by atoms with Gasteiger partial charge in [-0.25, -0.2) is 5.52 Å². The maximum atomic E-state index is 6.52. The second kappa shape index (κ2) is 2.60. The van der Waals surface area contributed by atoms with Gasteiger partial charge in [-0.15, -0.1) is 0 Å². The molecule has 1 N–H and O–H groups in total. The number of hydrogen-bond donors (Lipinski definition) is 1. The van der Waals surface area contributed by atoms with Crippen LogP contribution in [0.5, 0.6) is 0 Å². The van der Waals surface area contributed by atoms with E-state index < -0.39 is 0 Å². The van der Waals surface area contributed by atoms with Crippen LogP contribution in [0.4, 0.5) is 5.69 Å². The molecule has 0 aliphatic rings. The van der Waals surface area contributed by atoms with E-state index in [-0.39, 0.29) is 0 Å². The van der Waals surface area contributed by atoms with E-state index in [4.69, 9.17) is 1.41 Å². The molecule has 2 nitrogen and oxygen atoms in total. The molecule has 0 fully saturated rings. The van der Waals surface area contributed by atoms with Crippen LogP contribution in [0, 0.1) is 19.4 Å². The Kier molecular flexibility index (Phi) is 1.46. The predicted octanol–water partition coefficient (Wildman–Crippen LogP) is 2.97. The summed E-state index contributed by atoms with van der Waals surface area (Å²) in [5.41, 5.74) is 6.10. The van der Waals surface area contributed by atoms with Gasteiger partial charge in [-0.3, -0.25) is 0 Å². The van der Waals surface area contributed by atoms with E-state index in [0.717, 1.165) is 5.69 Å². The number of aryl methyl sites for hydroxylation is 2. The lowest BCUT2D eigenvalue weighted by Crippen LogP contribution is -1.76. The lowest BCUT2D eigenvalue weighted by Gasteiger charge is -1.97. The average molecular weight is 135 g/mol. The zero-order valence-electron chi connectivity index (χ0n) is 7.13. The third-order valence-corrected chi connectivity index (χ3v) is 1.61. The first-order chi connectivity index (χ1) is 5.24. The minimum Gasteiger partial charge on any atom is -0.204 e. The van der Waals surface area contributed by atoms with E-state index in [0.29, 0.717) is 0 Å². The molecule has 0 aliphatic heterocycles. The van der Waals surface area contributed by atoms with E-state index in [9.17, 15) is 0 Å². The summed E-state index contributed by atoms with van der Waals surface area (Å²) in [5.74, 6) is 0. The van der Waals surface area contributed by atoms with Crippen LogP contribution < -0.4 is 0 Å². The number of benzene rings is 1. The SMILES string of the molecule is [2H]N=Nc1ccc(C)c(C)c1. The van der Waals surface area contributed by atoms with Crippen LogP contribution >= 0.6 is 0 Å². The summed E-state index contributed by atoms with van der Waals surface area (Å²) >= 11 is 0. The highest BCUT2D eigenvalue weighted by atomic mass is 15.0. The highest BCUT2D eigenvalue weighted by Crippen LogP contribution is 2.15. The van der Waals surface area contributed by atoms with Crippen molar-refractivity contribution in [3.63, 3.8) is 0 Å². The quantitative estimate of drug-likeness (QED) is 0.575. The van der Waals surface area contributed by atoms with Crippen molar-refractivity contribution >= 4 is 5.69 Å². The van der Waals surface area contributed by atoms with Crippen LogP contribution in [-0.2, 0) is 0 Å². The molecule has 0 saturated heterocycles. The van der Waals surface area contributed by atoms with Gasteiger partial charge >= 0.3 is 0 Å². The molecule has 0 saturated carbocycles. The molecular weight excluding hydrogens is 124 g/mol. The molecule has 0 amide bonds. The molecule has 0 unspecified atom stereocenters. The molecule has 0 aromatic heterocycles. The van der Waals surface area contributed by atoms with E-state index in [1.807, 2.05) is 32.0 Å². The number of rotatable bonds is 1. The Balaban J connectivity index is 3.05. The summed E-state index contributed by atoms with van der Waals surface area (Å²) in [5, 5.41) is 3.60. The highest BCUT2D eigenvalue weighted by molar-refractivity contribution is 5.42. The van der Waals surface area contributed by atoms with Gasteiger partial charge in [-0.05, 0) is 37.1 Å². The van der Waals surface area contributed by atoms with Crippen molar-refractivity contribution in [3.05, 3.63) is 29.3 Å². The van der Waals surface area contributed by atoms with Crippen molar-refractivity contribution in [2.75, 3.05) is 0 Å². The molecule has 2 heteroatoms. The maximum Gasteiger partial charge on any atom is 0.214 e. The molecule has 0 heterocycles.